The minimum atomic E-state index is -0.118. The van der Waals surface area contributed by atoms with Crippen LogP contribution in [0.4, 0.5) is 4.39 Å². The number of nitrogens with one attached hydrogen (secondary N) is 1. The van der Waals surface area contributed by atoms with Gasteiger partial charge in [0.1, 0.15) is 5.82 Å². The Balaban J connectivity index is 2.11. The van der Waals surface area contributed by atoms with E-state index in [1.807, 2.05) is 6.92 Å². The minimum Gasteiger partial charge on any atom is -0.316 e. The molecule has 0 bridgehead atoms. The minimum absolute atomic E-state index is 0.118. The fourth-order valence-electron chi connectivity index (χ4n) is 2.25. The second-order valence-electron chi connectivity index (χ2n) is 4.61. The van der Waals surface area contributed by atoms with Gasteiger partial charge in [0.2, 0.25) is 0 Å². The van der Waals surface area contributed by atoms with Gasteiger partial charge in [-0.3, -0.25) is 0 Å². The highest BCUT2D eigenvalue weighted by molar-refractivity contribution is 6.31. The zero-order valence-corrected chi connectivity index (χ0v) is 10.3. The first-order valence-corrected chi connectivity index (χ1v) is 6.20. The third kappa shape index (κ3) is 2.74. The lowest BCUT2D eigenvalue weighted by molar-refractivity contribution is 0.372. The van der Waals surface area contributed by atoms with Crippen LogP contribution in [0.25, 0.3) is 0 Å². The molecule has 0 amide bonds. The lowest BCUT2D eigenvalue weighted by Gasteiger charge is -2.23. The molecule has 1 saturated heterocycles. The molecule has 1 fully saturated rings. The third-order valence-corrected chi connectivity index (χ3v) is 3.64. The van der Waals surface area contributed by atoms with Gasteiger partial charge in [-0.2, -0.15) is 0 Å². The molecule has 1 aliphatic rings. The van der Waals surface area contributed by atoms with Crippen molar-refractivity contribution in [1.82, 2.24) is 5.32 Å². The van der Waals surface area contributed by atoms with Gasteiger partial charge in [0.05, 0.1) is 0 Å². The summed E-state index contributed by atoms with van der Waals surface area (Å²) in [5, 5.41) is 4.01. The van der Waals surface area contributed by atoms with E-state index < -0.39 is 0 Å². The average Bonchev–Trinajstić information content (AvgIpc) is 2.27. The third-order valence-electron chi connectivity index (χ3n) is 3.24. The Hall–Kier alpha value is -0.600. The highest BCUT2D eigenvalue weighted by Crippen LogP contribution is 2.24. The predicted molar refractivity (Wildman–Crippen MR) is 65.4 cm³/mol. The van der Waals surface area contributed by atoms with Crippen molar-refractivity contribution in [2.75, 3.05) is 13.1 Å². The molecule has 0 radical (unpaired) electrons. The van der Waals surface area contributed by atoms with Gasteiger partial charge in [-0.15, -0.1) is 0 Å². The molecule has 0 saturated carbocycles. The Morgan fingerprint density at radius 2 is 2.31 bits per heavy atom. The Kier molecular flexibility index (Phi) is 3.82. The van der Waals surface area contributed by atoms with E-state index in [0.29, 0.717) is 10.9 Å². The molecule has 1 atom stereocenters. The van der Waals surface area contributed by atoms with Crippen molar-refractivity contribution in [3.05, 3.63) is 34.1 Å². The molecule has 16 heavy (non-hydrogen) atoms. The van der Waals surface area contributed by atoms with Crippen molar-refractivity contribution in [3.8, 4) is 0 Å². The number of aryl methyl sites for hydroxylation is 1. The van der Waals surface area contributed by atoms with Crippen molar-refractivity contribution in [1.29, 1.82) is 0 Å². The van der Waals surface area contributed by atoms with E-state index in [0.717, 1.165) is 30.6 Å². The lowest BCUT2D eigenvalue weighted by atomic mass is 9.92. The molecule has 88 valence electrons. The molecule has 0 aromatic heterocycles. The van der Waals surface area contributed by atoms with Crippen LogP contribution in [0, 0.1) is 18.7 Å². The summed E-state index contributed by atoms with van der Waals surface area (Å²) >= 11 is 6.02. The lowest BCUT2D eigenvalue weighted by Crippen LogP contribution is -2.31. The zero-order valence-electron chi connectivity index (χ0n) is 9.52. The topological polar surface area (TPSA) is 12.0 Å². The van der Waals surface area contributed by atoms with Gasteiger partial charge in [-0.1, -0.05) is 11.6 Å². The quantitative estimate of drug-likeness (QED) is 0.838. The summed E-state index contributed by atoms with van der Waals surface area (Å²) in [6.45, 7) is 3.91. The maximum Gasteiger partial charge on any atom is 0.126 e. The summed E-state index contributed by atoms with van der Waals surface area (Å²) in [5.41, 5.74) is 1.56. The van der Waals surface area contributed by atoms with Crippen molar-refractivity contribution >= 4 is 11.6 Å². The van der Waals surface area contributed by atoms with Crippen LogP contribution in [0.5, 0.6) is 0 Å². The van der Waals surface area contributed by atoms with Crippen LogP contribution >= 0.6 is 11.6 Å². The Labute approximate surface area is 101 Å². The van der Waals surface area contributed by atoms with Crippen LogP contribution < -0.4 is 5.32 Å². The summed E-state index contributed by atoms with van der Waals surface area (Å²) in [6.07, 6.45) is 3.16. The van der Waals surface area contributed by atoms with E-state index in [-0.39, 0.29) is 5.82 Å². The molecule has 0 aliphatic carbocycles. The van der Waals surface area contributed by atoms with Crippen LogP contribution in [-0.4, -0.2) is 13.1 Å². The van der Waals surface area contributed by atoms with E-state index in [4.69, 9.17) is 11.6 Å². The first-order valence-electron chi connectivity index (χ1n) is 5.82. The number of piperidine rings is 1. The first kappa shape index (κ1) is 11.9. The van der Waals surface area contributed by atoms with E-state index in [9.17, 15) is 4.39 Å². The smallest absolute Gasteiger partial charge is 0.126 e. The SMILES string of the molecule is Cc1cc(F)c(CC2CCCNC2)cc1Cl. The molecule has 2 rings (SSSR count). The summed E-state index contributed by atoms with van der Waals surface area (Å²) in [6, 6.07) is 3.31. The van der Waals surface area contributed by atoms with E-state index >= 15 is 0 Å². The monoisotopic (exact) mass is 241 g/mol. The summed E-state index contributed by atoms with van der Waals surface area (Å²) in [5.74, 6) is 0.425. The Morgan fingerprint density at radius 3 is 3.00 bits per heavy atom. The summed E-state index contributed by atoms with van der Waals surface area (Å²) in [7, 11) is 0. The molecular formula is C13H17ClFN. The molecule has 1 N–H and O–H groups in total. The molecule has 1 aliphatic heterocycles. The highest BCUT2D eigenvalue weighted by Gasteiger charge is 2.16. The van der Waals surface area contributed by atoms with Crippen molar-refractivity contribution in [2.45, 2.75) is 26.2 Å². The second-order valence-corrected chi connectivity index (χ2v) is 5.02. The Morgan fingerprint density at radius 1 is 1.50 bits per heavy atom. The van der Waals surface area contributed by atoms with Crippen LogP contribution in [0.1, 0.15) is 24.0 Å². The highest BCUT2D eigenvalue weighted by atomic mass is 35.5. The normalized spacial score (nSPS) is 21.1. The van der Waals surface area contributed by atoms with E-state index in [1.54, 1.807) is 6.07 Å². The number of hydrogen-bond acceptors (Lipinski definition) is 1. The van der Waals surface area contributed by atoms with E-state index in [2.05, 4.69) is 5.32 Å². The summed E-state index contributed by atoms with van der Waals surface area (Å²) < 4.78 is 13.7. The molecule has 1 unspecified atom stereocenters. The first-order chi connectivity index (χ1) is 7.66. The molecule has 3 heteroatoms. The maximum absolute atomic E-state index is 13.7. The van der Waals surface area contributed by atoms with Crippen molar-refractivity contribution < 1.29 is 4.39 Å². The van der Waals surface area contributed by atoms with Crippen LogP contribution in [-0.2, 0) is 6.42 Å². The number of halogens is 2. The number of rotatable bonds is 2. The van der Waals surface area contributed by atoms with Gasteiger partial charge in [0.15, 0.2) is 0 Å². The van der Waals surface area contributed by atoms with Gasteiger partial charge in [-0.25, -0.2) is 4.39 Å². The molecule has 0 spiro atoms. The van der Waals surface area contributed by atoms with Gasteiger partial charge in [-0.05, 0) is 68.5 Å². The molecule has 1 heterocycles. The van der Waals surface area contributed by atoms with Crippen LogP contribution in [0.15, 0.2) is 12.1 Å². The summed E-state index contributed by atoms with van der Waals surface area (Å²) in [4.78, 5) is 0. The molecule has 1 aromatic rings. The largest absolute Gasteiger partial charge is 0.316 e. The Bertz CT molecular complexity index is 372. The second kappa shape index (κ2) is 5.15. The fraction of sp³-hybridized carbons (Fsp3) is 0.538. The van der Waals surface area contributed by atoms with Gasteiger partial charge < -0.3 is 5.32 Å². The number of benzene rings is 1. The fourth-order valence-corrected chi connectivity index (χ4v) is 2.44. The average molecular weight is 242 g/mol. The van der Waals surface area contributed by atoms with E-state index in [1.165, 1.54) is 18.9 Å². The molecule has 1 nitrogen and oxygen atoms in total. The van der Waals surface area contributed by atoms with Crippen molar-refractivity contribution in [2.24, 2.45) is 5.92 Å². The molecule has 1 aromatic carbocycles. The maximum atomic E-state index is 13.7. The van der Waals surface area contributed by atoms with Gasteiger partial charge in [0, 0.05) is 5.02 Å². The zero-order chi connectivity index (χ0) is 11.5. The van der Waals surface area contributed by atoms with Crippen LogP contribution in [0.2, 0.25) is 5.02 Å². The van der Waals surface area contributed by atoms with Crippen LogP contribution in [0.3, 0.4) is 0 Å². The van der Waals surface area contributed by atoms with Gasteiger partial charge in [0.25, 0.3) is 0 Å². The predicted octanol–water partition coefficient (Wildman–Crippen LogP) is 3.33. The molecular weight excluding hydrogens is 225 g/mol. The van der Waals surface area contributed by atoms with Crippen molar-refractivity contribution in [3.63, 3.8) is 0 Å². The van der Waals surface area contributed by atoms with Gasteiger partial charge >= 0.3 is 0 Å². The number of hydrogen-bond donors (Lipinski definition) is 1. The standard InChI is InChI=1S/C13H17ClFN/c1-9-5-13(15)11(7-12(9)14)6-10-3-2-4-16-8-10/h5,7,10,16H,2-4,6,8H2,1H3.